The molecule has 2 aromatic rings. The van der Waals surface area contributed by atoms with Crippen molar-refractivity contribution < 1.29 is 5.11 Å². The minimum Gasteiger partial charge on any atom is -0.394 e. The van der Waals surface area contributed by atoms with Gasteiger partial charge in [-0.2, -0.15) is 15.0 Å². The number of aliphatic hydroxyl groups excluding tert-OH is 1. The lowest BCUT2D eigenvalue weighted by molar-refractivity contribution is 0.271. The van der Waals surface area contributed by atoms with E-state index in [1.165, 1.54) is 0 Å². The van der Waals surface area contributed by atoms with Gasteiger partial charge in [-0.25, -0.2) is 4.98 Å². The van der Waals surface area contributed by atoms with Crippen molar-refractivity contribution >= 4 is 17.8 Å². The number of nitrogens with zero attached hydrogens (tertiary/aromatic N) is 5. The number of aryl methyl sites for hydroxylation is 1. The van der Waals surface area contributed by atoms with Crippen LogP contribution in [0, 0.1) is 5.92 Å². The minimum atomic E-state index is -0.0787. The Morgan fingerprint density at radius 3 is 2.37 bits per heavy atom. The number of hydrogen-bond donors (Lipinski definition) is 4. The van der Waals surface area contributed by atoms with E-state index in [4.69, 9.17) is 0 Å². The van der Waals surface area contributed by atoms with E-state index in [0.29, 0.717) is 23.8 Å². The van der Waals surface area contributed by atoms with Crippen LogP contribution in [0.25, 0.3) is 0 Å². The fraction of sp³-hybridized carbons (Fsp3) is 0.667. The summed E-state index contributed by atoms with van der Waals surface area (Å²) in [5.74, 6) is 2.14. The monoisotopic (exact) mass is 376 g/mol. The van der Waals surface area contributed by atoms with E-state index < -0.39 is 0 Å². The first-order valence-electron chi connectivity index (χ1n) is 9.67. The summed E-state index contributed by atoms with van der Waals surface area (Å²) in [6.07, 6.45) is 8.28. The predicted molar refractivity (Wildman–Crippen MR) is 108 cm³/mol. The molecule has 4 N–H and O–H groups in total. The van der Waals surface area contributed by atoms with Crippen LogP contribution >= 0.6 is 0 Å². The summed E-state index contributed by atoms with van der Waals surface area (Å²) < 4.78 is 2.04. The Kier molecular flexibility index (Phi) is 8.76. The van der Waals surface area contributed by atoms with Crippen molar-refractivity contribution in [1.82, 2.24) is 24.5 Å². The molecular weight excluding hydrogens is 344 g/mol. The summed E-state index contributed by atoms with van der Waals surface area (Å²) in [5.41, 5.74) is 0. The molecule has 0 spiro atoms. The van der Waals surface area contributed by atoms with Gasteiger partial charge in [0.15, 0.2) is 0 Å². The third kappa shape index (κ3) is 7.78. The van der Waals surface area contributed by atoms with Crippen LogP contribution in [-0.2, 0) is 6.54 Å². The van der Waals surface area contributed by atoms with Gasteiger partial charge in [0, 0.05) is 32.0 Å². The Hall–Kier alpha value is -2.42. The van der Waals surface area contributed by atoms with Gasteiger partial charge < -0.3 is 25.6 Å². The maximum atomic E-state index is 9.42. The second-order valence-corrected chi connectivity index (χ2v) is 6.93. The van der Waals surface area contributed by atoms with Crippen molar-refractivity contribution in [2.45, 2.75) is 52.6 Å². The van der Waals surface area contributed by atoms with Gasteiger partial charge in [-0.1, -0.05) is 20.8 Å². The lowest BCUT2D eigenvalue weighted by Gasteiger charge is -2.16. The molecule has 0 amide bonds. The summed E-state index contributed by atoms with van der Waals surface area (Å²) in [6, 6.07) is -0.0787. The number of aliphatic hydroxyl groups is 1. The summed E-state index contributed by atoms with van der Waals surface area (Å²) in [6.45, 7) is 8.83. The molecule has 0 aliphatic heterocycles. The molecule has 1 atom stereocenters. The van der Waals surface area contributed by atoms with Crippen molar-refractivity contribution in [1.29, 1.82) is 0 Å². The molecule has 0 aliphatic carbocycles. The highest BCUT2D eigenvalue weighted by Gasteiger charge is 2.10. The maximum Gasteiger partial charge on any atom is 0.229 e. The molecule has 9 nitrogen and oxygen atoms in total. The van der Waals surface area contributed by atoms with Crippen LogP contribution in [0.3, 0.4) is 0 Å². The number of rotatable bonds is 13. The van der Waals surface area contributed by atoms with E-state index in [1.807, 2.05) is 24.0 Å². The van der Waals surface area contributed by atoms with E-state index in [0.717, 1.165) is 38.9 Å². The first-order valence-corrected chi connectivity index (χ1v) is 9.67. The highest BCUT2D eigenvalue weighted by atomic mass is 16.3. The molecule has 0 aromatic carbocycles. The van der Waals surface area contributed by atoms with Gasteiger partial charge in [0.1, 0.15) is 0 Å². The van der Waals surface area contributed by atoms with Gasteiger partial charge in [0.05, 0.1) is 19.0 Å². The topological polar surface area (TPSA) is 113 Å². The summed E-state index contributed by atoms with van der Waals surface area (Å²) >= 11 is 0. The van der Waals surface area contributed by atoms with Crippen LogP contribution in [0.1, 0.15) is 40.0 Å². The van der Waals surface area contributed by atoms with Gasteiger partial charge in [-0.15, -0.1) is 0 Å². The molecule has 0 saturated heterocycles. The molecule has 0 bridgehead atoms. The van der Waals surface area contributed by atoms with Crippen LogP contribution in [0.2, 0.25) is 0 Å². The standard InChI is InChI=1S/C18H32N8O/c1-4-15(12-27)22-18-24-16(20-7-5-10-26-11-9-19-13-26)23-17(25-18)21-8-6-14(2)3/h9,11,13-15,27H,4-8,10,12H2,1-3H3,(H3,20,21,22,23,24,25)/t15-/m1/s1. The second kappa shape index (κ2) is 11.3. The van der Waals surface area contributed by atoms with Gasteiger partial charge in [-0.3, -0.25) is 0 Å². The minimum absolute atomic E-state index is 0.0337. The average Bonchev–Trinajstić information content (AvgIpc) is 3.16. The van der Waals surface area contributed by atoms with Gasteiger partial charge in [-0.05, 0) is 25.2 Å². The van der Waals surface area contributed by atoms with Crippen molar-refractivity contribution in [2.75, 3.05) is 35.6 Å². The smallest absolute Gasteiger partial charge is 0.229 e. The Bertz CT molecular complexity index is 643. The number of aromatic nitrogens is 5. The Labute approximate surface area is 161 Å². The van der Waals surface area contributed by atoms with Crippen LogP contribution < -0.4 is 16.0 Å². The van der Waals surface area contributed by atoms with E-state index in [-0.39, 0.29) is 12.6 Å². The Balaban J connectivity index is 1.96. The van der Waals surface area contributed by atoms with Crippen LogP contribution in [0.4, 0.5) is 17.8 Å². The average molecular weight is 377 g/mol. The SMILES string of the molecule is CC[C@H](CO)Nc1nc(NCCCn2ccnc2)nc(NCCC(C)C)n1. The van der Waals surface area contributed by atoms with E-state index >= 15 is 0 Å². The van der Waals surface area contributed by atoms with Crippen molar-refractivity contribution in [3.8, 4) is 0 Å². The molecule has 27 heavy (non-hydrogen) atoms. The number of anilines is 3. The predicted octanol–water partition coefficient (Wildman–Crippen LogP) is 2.21. The third-order valence-electron chi connectivity index (χ3n) is 4.12. The lowest BCUT2D eigenvalue weighted by atomic mass is 10.1. The van der Waals surface area contributed by atoms with Crippen LogP contribution in [0.5, 0.6) is 0 Å². The Morgan fingerprint density at radius 1 is 1.07 bits per heavy atom. The van der Waals surface area contributed by atoms with Gasteiger partial charge in [0.2, 0.25) is 17.8 Å². The van der Waals surface area contributed by atoms with Crippen molar-refractivity contribution in [3.63, 3.8) is 0 Å². The molecule has 0 unspecified atom stereocenters. The Morgan fingerprint density at radius 2 is 1.78 bits per heavy atom. The molecule has 0 saturated carbocycles. The highest BCUT2D eigenvalue weighted by molar-refractivity contribution is 5.42. The van der Waals surface area contributed by atoms with Crippen molar-refractivity contribution in [2.24, 2.45) is 5.92 Å². The zero-order chi connectivity index (χ0) is 19.5. The van der Waals surface area contributed by atoms with E-state index in [1.54, 1.807) is 6.20 Å². The second-order valence-electron chi connectivity index (χ2n) is 6.93. The molecule has 2 heterocycles. The zero-order valence-electron chi connectivity index (χ0n) is 16.5. The normalized spacial score (nSPS) is 12.2. The first-order chi connectivity index (χ1) is 13.1. The van der Waals surface area contributed by atoms with E-state index in [9.17, 15) is 5.11 Å². The molecular formula is C18H32N8O. The number of nitrogens with one attached hydrogen (secondary N) is 3. The highest BCUT2D eigenvalue weighted by Crippen LogP contribution is 2.12. The molecule has 0 fully saturated rings. The molecule has 2 rings (SSSR count). The summed E-state index contributed by atoms with van der Waals surface area (Å²) in [7, 11) is 0. The van der Waals surface area contributed by atoms with Gasteiger partial charge in [0.25, 0.3) is 0 Å². The van der Waals surface area contributed by atoms with Gasteiger partial charge >= 0.3 is 0 Å². The fourth-order valence-corrected chi connectivity index (χ4v) is 2.41. The molecule has 9 heteroatoms. The molecule has 2 aromatic heterocycles. The maximum absolute atomic E-state index is 9.42. The zero-order valence-corrected chi connectivity index (χ0v) is 16.5. The molecule has 0 radical (unpaired) electrons. The first kappa shape index (κ1) is 20.9. The van der Waals surface area contributed by atoms with Crippen molar-refractivity contribution in [3.05, 3.63) is 18.7 Å². The molecule has 0 aliphatic rings. The third-order valence-corrected chi connectivity index (χ3v) is 4.12. The van der Waals surface area contributed by atoms with Crippen LogP contribution in [-0.4, -0.2) is 55.3 Å². The quantitative estimate of drug-likeness (QED) is 0.394. The summed E-state index contributed by atoms with van der Waals surface area (Å²) in [5, 5.41) is 19.1. The fourth-order valence-electron chi connectivity index (χ4n) is 2.41. The largest absolute Gasteiger partial charge is 0.394 e. The molecule has 150 valence electrons. The van der Waals surface area contributed by atoms with E-state index in [2.05, 4.69) is 49.7 Å². The van der Waals surface area contributed by atoms with Crippen LogP contribution in [0.15, 0.2) is 18.7 Å². The summed E-state index contributed by atoms with van der Waals surface area (Å²) in [4.78, 5) is 17.4. The lowest BCUT2D eigenvalue weighted by Crippen LogP contribution is -2.25. The number of imidazole rings is 1. The number of hydrogen-bond acceptors (Lipinski definition) is 8.